The fraction of sp³-hybridized carbons (Fsp3) is 0.368. The molecule has 7 heteroatoms. The van der Waals surface area contributed by atoms with Crippen LogP contribution in [0.4, 0.5) is 11.5 Å². The number of aromatic nitrogens is 3. The van der Waals surface area contributed by atoms with Crippen LogP contribution in [0.2, 0.25) is 0 Å². The lowest BCUT2D eigenvalue weighted by Crippen LogP contribution is -2.39. The lowest BCUT2D eigenvalue weighted by Gasteiger charge is -2.29. The van der Waals surface area contributed by atoms with Gasteiger partial charge in [0.05, 0.1) is 7.11 Å². The van der Waals surface area contributed by atoms with Gasteiger partial charge in [0.15, 0.2) is 5.82 Å². The smallest absolute Gasteiger partial charge is 0.158 e. The third-order valence-electron chi connectivity index (χ3n) is 4.92. The van der Waals surface area contributed by atoms with Crippen molar-refractivity contribution in [2.45, 2.75) is 25.4 Å². The van der Waals surface area contributed by atoms with Gasteiger partial charge in [0.25, 0.3) is 0 Å². The van der Waals surface area contributed by atoms with E-state index < -0.39 is 0 Å². The lowest BCUT2D eigenvalue weighted by molar-refractivity contribution is 0.206. The number of piperidine rings is 1. The van der Waals surface area contributed by atoms with E-state index in [4.69, 9.17) is 10.5 Å². The van der Waals surface area contributed by atoms with Gasteiger partial charge in [-0.15, -0.1) is 0 Å². The minimum Gasteiger partial charge on any atom is -0.497 e. The van der Waals surface area contributed by atoms with Crippen LogP contribution in [0, 0.1) is 0 Å². The first-order chi connectivity index (χ1) is 12.7. The topological polar surface area (TPSA) is 80.7 Å². The summed E-state index contributed by atoms with van der Waals surface area (Å²) in [5.41, 5.74) is 9.21. The number of nitrogens with zero attached hydrogens (tertiary/aromatic N) is 4. The fourth-order valence-corrected chi connectivity index (χ4v) is 3.40. The highest BCUT2D eigenvalue weighted by molar-refractivity contribution is 5.76. The zero-order chi connectivity index (χ0) is 17.9. The average Bonchev–Trinajstić information content (AvgIpc) is 3.08. The van der Waals surface area contributed by atoms with Crippen LogP contribution < -0.4 is 15.8 Å². The zero-order valence-electron chi connectivity index (χ0n) is 14.9. The second-order valence-electron chi connectivity index (χ2n) is 6.71. The van der Waals surface area contributed by atoms with Gasteiger partial charge in [0.1, 0.15) is 17.6 Å². The molecule has 0 amide bonds. The molecule has 0 saturated carbocycles. The van der Waals surface area contributed by atoms with Crippen LogP contribution in [-0.2, 0) is 6.54 Å². The first-order valence-corrected chi connectivity index (χ1v) is 8.93. The summed E-state index contributed by atoms with van der Waals surface area (Å²) in [6.07, 6.45) is 5.67. The van der Waals surface area contributed by atoms with Crippen LogP contribution in [0.5, 0.6) is 5.75 Å². The van der Waals surface area contributed by atoms with Crippen LogP contribution >= 0.6 is 0 Å². The Morgan fingerprint density at radius 2 is 1.96 bits per heavy atom. The number of ether oxygens (including phenoxy) is 1. The van der Waals surface area contributed by atoms with E-state index in [1.807, 2.05) is 35.0 Å². The van der Waals surface area contributed by atoms with E-state index in [1.54, 1.807) is 13.4 Å². The van der Waals surface area contributed by atoms with Crippen molar-refractivity contribution < 1.29 is 4.74 Å². The summed E-state index contributed by atoms with van der Waals surface area (Å²) < 4.78 is 7.10. The summed E-state index contributed by atoms with van der Waals surface area (Å²) in [6.45, 7) is 2.95. The number of benzene rings is 1. The SMILES string of the molecule is COc1ccc(Nc2ncnn3ccc(CN4CCC(N)CC4)c23)cc1. The van der Waals surface area contributed by atoms with Crippen LogP contribution in [-0.4, -0.2) is 45.7 Å². The Morgan fingerprint density at radius 3 is 2.69 bits per heavy atom. The lowest BCUT2D eigenvalue weighted by atomic mass is 10.1. The maximum Gasteiger partial charge on any atom is 0.158 e. The number of anilines is 2. The number of rotatable bonds is 5. The molecule has 0 unspecified atom stereocenters. The fourth-order valence-electron chi connectivity index (χ4n) is 3.40. The number of nitrogens with one attached hydrogen (secondary N) is 1. The largest absolute Gasteiger partial charge is 0.497 e. The summed E-state index contributed by atoms with van der Waals surface area (Å²) in [7, 11) is 1.66. The molecule has 1 aliphatic rings. The third-order valence-corrected chi connectivity index (χ3v) is 4.92. The average molecular weight is 352 g/mol. The van der Waals surface area contributed by atoms with Crippen LogP contribution in [0.15, 0.2) is 42.9 Å². The van der Waals surface area contributed by atoms with Crippen molar-refractivity contribution in [3.63, 3.8) is 0 Å². The van der Waals surface area contributed by atoms with Crippen molar-refractivity contribution in [2.75, 3.05) is 25.5 Å². The van der Waals surface area contributed by atoms with E-state index in [0.717, 1.165) is 55.2 Å². The van der Waals surface area contributed by atoms with E-state index in [9.17, 15) is 0 Å². The molecule has 1 fully saturated rings. The van der Waals surface area contributed by atoms with Gasteiger partial charge in [-0.3, -0.25) is 4.90 Å². The van der Waals surface area contributed by atoms with E-state index >= 15 is 0 Å². The molecule has 0 atom stereocenters. The Balaban J connectivity index is 1.59. The van der Waals surface area contributed by atoms with Gasteiger partial charge in [-0.25, -0.2) is 9.50 Å². The van der Waals surface area contributed by atoms with Crippen molar-refractivity contribution in [2.24, 2.45) is 5.73 Å². The molecule has 1 aromatic carbocycles. The standard InChI is InChI=1S/C19H24N6O/c1-26-17-4-2-16(3-5-17)23-19-18-14(6-11-25(18)22-13-21-19)12-24-9-7-15(20)8-10-24/h2-6,11,13,15H,7-10,12,20H2,1H3,(H,21,22,23). The van der Waals surface area contributed by atoms with Crippen molar-refractivity contribution in [3.05, 3.63) is 48.4 Å². The molecule has 4 rings (SSSR count). The van der Waals surface area contributed by atoms with Gasteiger partial charge in [-0.2, -0.15) is 5.10 Å². The number of hydrogen-bond acceptors (Lipinski definition) is 6. The number of likely N-dealkylation sites (tertiary alicyclic amines) is 1. The predicted molar refractivity (Wildman–Crippen MR) is 102 cm³/mol. The Bertz CT molecular complexity index is 867. The molecule has 1 aliphatic heterocycles. The summed E-state index contributed by atoms with van der Waals surface area (Å²) in [6, 6.07) is 10.3. The number of nitrogens with two attached hydrogens (primary N) is 1. The summed E-state index contributed by atoms with van der Waals surface area (Å²) in [4.78, 5) is 6.92. The molecule has 0 bridgehead atoms. The Labute approximate surface area is 152 Å². The van der Waals surface area contributed by atoms with Gasteiger partial charge in [-0.05, 0) is 61.8 Å². The highest BCUT2D eigenvalue weighted by Crippen LogP contribution is 2.25. The molecule has 1 saturated heterocycles. The van der Waals surface area contributed by atoms with Gasteiger partial charge in [0, 0.05) is 24.5 Å². The second-order valence-corrected chi connectivity index (χ2v) is 6.71. The number of hydrogen-bond donors (Lipinski definition) is 2. The number of methoxy groups -OCH3 is 1. The molecule has 0 spiro atoms. The predicted octanol–water partition coefficient (Wildman–Crippen LogP) is 2.40. The third kappa shape index (κ3) is 3.49. The van der Waals surface area contributed by atoms with Crippen LogP contribution in [0.25, 0.3) is 5.52 Å². The molecule has 2 aromatic heterocycles. The quantitative estimate of drug-likeness (QED) is 0.734. The molecule has 7 nitrogen and oxygen atoms in total. The molecule has 136 valence electrons. The van der Waals surface area contributed by atoms with Gasteiger partial charge in [-0.1, -0.05) is 0 Å². The monoisotopic (exact) mass is 352 g/mol. The van der Waals surface area contributed by atoms with Crippen molar-refractivity contribution in [1.82, 2.24) is 19.5 Å². The maximum absolute atomic E-state index is 6.02. The molecular weight excluding hydrogens is 328 g/mol. The normalized spacial score (nSPS) is 16.1. The van der Waals surface area contributed by atoms with Crippen molar-refractivity contribution >= 4 is 17.0 Å². The van der Waals surface area contributed by atoms with Crippen molar-refractivity contribution in [3.8, 4) is 5.75 Å². The molecule has 0 radical (unpaired) electrons. The molecule has 26 heavy (non-hydrogen) atoms. The highest BCUT2D eigenvalue weighted by atomic mass is 16.5. The Kier molecular flexibility index (Phi) is 4.73. The first-order valence-electron chi connectivity index (χ1n) is 8.93. The Morgan fingerprint density at radius 1 is 1.19 bits per heavy atom. The molecule has 3 aromatic rings. The van der Waals surface area contributed by atoms with E-state index in [-0.39, 0.29) is 0 Å². The molecule has 3 N–H and O–H groups in total. The molecular formula is C19H24N6O. The minimum atomic E-state index is 0.340. The van der Waals surface area contributed by atoms with E-state index in [0.29, 0.717) is 6.04 Å². The highest BCUT2D eigenvalue weighted by Gasteiger charge is 2.18. The zero-order valence-corrected chi connectivity index (χ0v) is 14.9. The maximum atomic E-state index is 6.02. The van der Waals surface area contributed by atoms with Gasteiger partial charge < -0.3 is 15.8 Å². The molecule has 0 aliphatic carbocycles. The Hall–Kier alpha value is -2.64. The van der Waals surface area contributed by atoms with E-state index in [1.165, 1.54) is 5.56 Å². The first kappa shape index (κ1) is 16.8. The van der Waals surface area contributed by atoms with Gasteiger partial charge >= 0.3 is 0 Å². The number of fused-ring (bicyclic) bond motifs is 1. The second kappa shape index (κ2) is 7.31. The summed E-state index contributed by atoms with van der Waals surface area (Å²) >= 11 is 0. The summed E-state index contributed by atoms with van der Waals surface area (Å²) in [5, 5.41) is 7.75. The van der Waals surface area contributed by atoms with E-state index in [2.05, 4.69) is 26.4 Å². The summed E-state index contributed by atoms with van der Waals surface area (Å²) in [5.74, 6) is 1.63. The van der Waals surface area contributed by atoms with Crippen LogP contribution in [0.3, 0.4) is 0 Å². The van der Waals surface area contributed by atoms with Crippen molar-refractivity contribution in [1.29, 1.82) is 0 Å². The molecule has 3 heterocycles. The minimum absolute atomic E-state index is 0.340. The van der Waals surface area contributed by atoms with Gasteiger partial charge in [0.2, 0.25) is 0 Å². The van der Waals surface area contributed by atoms with Crippen LogP contribution in [0.1, 0.15) is 18.4 Å².